The van der Waals surface area contributed by atoms with Crippen molar-refractivity contribution in [1.29, 1.82) is 5.26 Å². The molecule has 6 nitrogen and oxygen atoms in total. The van der Waals surface area contributed by atoms with E-state index in [0.717, 1.165) is 0 Å². The van der Waals surface area contributed by atoms with Gasteiger partial charge in [0.05, 0.1) is 26.3 Å². The topological polar surface area (TPSA) is 75.4 Å². The molecule has 0 bridgehead atoms. The van der Waals surface area contributed by atoms with E-state index in [9.17, 15) is 4.79 Å². The summed E-state index contributed by atoms with van der Waals surface area (Å²) in [5, 5.41) is 11.2. The number of hydrogen-bond donors (Lipinski definition) is 0. The van der Waals surface area contributed by atoms with Crippen molar-refractivity contribution < 1.29 is 14.3 Å². The molecule has 2 heterocycles. The van der Waals surface area contributed by atoms with Crippen LogP contribution in [0.5, 0.6) is 0 Å². The Hall–Kier alpha value is -1.65. The van der Waals surface area contributed by atoms with Crippen molar-refractivity contribution in [2.45, 2.75) is 6.10 Å². The fourth-order valence-electron chi connectivity index (χ4n) is 1.51. The van der Waals surface area contributed by atoms with E-state index in [1.54, 1.807) is 5.38 Å². The molecule has 2 rings (SSSR count). The Kier molecular flexibility index (Phi) is 3.56. The number of carbonyl (C=O) groups is 1. The van der Waals surface area contributed by atoms with Gasteiger partial charge in [0.1, 0.15) is 0 Å². The molecule has 0 aliphatic carbocycles. The van der Waals surface area contributed by atoms with Crippen LogP contribution in [-0.4, -0.2) is 43.9 Å². The van der Waals surface area contributed by atoms with Crippen LogP contribution in [0.2, 0.25) is 0 Å². The minimum absolute atomic E-state index is 0.299. The van der Waals surface area contributed by atoms with Gasteiger partial charge in [0, 0.05) is 11.9 Å². The SMILES string of the molecule is COC(=O)c1csc(N2CCOC(C#N)C2)n1. The minimum atomic E-state index is -0.447. The number of morpholine rings is 1. The molecule has 0 saturated carbocycles. The van der Waals surface area contributed by atoms with E-state index in [1.807, 2.05) is 4.90 Å². The molecule has 0 aromatic carbocycles. The molecule has 1 aromatic rings. The number of ether oxygens (including phenoxy) is 2. The fourth-order valence-corrected chi connectivity index (χ4v) is 2.34. The summed E-state index contributed by atoms with van der Waals surface area (Å²) in [6.07, 6.45) is -0.436. The predicted octanol–water partition coefficient (Wildman–Crippen LogP) is 0.658. The summed E-state index contributed by atoms with van der Waals surface area (Å²) in [7, 11) is 1.32. The second kappa shape index (κ2) is 5.12. The van der Waals surface area contributed by atoms with Crippen molar-refractivity contribution in [2.24, 2.45) is 0 Å². The van der Waals surface area contributed by atoms with Gasteiger partial charge in [0.25, 0.3) is 0 Å². The largest absolute Gasteiger partial charge is 0.464 e. The molecule has 90 valence electrons. The number of nitriles is 1. The maximum atomic E-state index is 11.3. The van der Waals surface area contributed by atoms with Gasteiger partial charge in [-0.25, -0.2) is 9.78 Å². The summed E-state index contributed by atoms with van der Waals surface area (Å²) >= 11 is 1.36. The average molecular weight is 253 g/mol. The van der Waals surface area contributed by atoms with E-state index in [0.29, 0.717) is 30.5 Å². The van der Waals surface area contributed by atoms with Crippen LogP contribution < -0.4 is 4.90 Å². The van der Waals surface area contributed by atoms with Crippen LogP contribution in [0.3, 0.4) is 0 Å². The van der Waals surface area contributed by atoms with Gasteiger partial charge >= 0.3 is 5.97 Å². The number of methoxy groups -OCH3 is 1. The standard InChI is InChI=1S/C10H11N3O3S/c1-15-9(14)8-6-17-10(12-8)13-2-3-16-7(4-11)5-13/h6-7H,2-3,5H2,1H3. The van der Waals surface area contributed by atoms with Crippen LogP contribution in [0.25, 0.3) is 0 Å². The van der Waals surface area contributed by atoms with E-state index in [1.165, 1.54) is 18.4 Å². The van der Waals surface area contributed by atoms with Crippen LogP contribution in [0.4, 0.5) is 5.13 Å². The van der Waals surface area contributed by atoms with E-state index < -0.39 is 12.1 Å². The van der Waals surface area contributed by atoms with Crippen molar-refractivity contribution in [3.05, 3.63) is 11.1 Å². The summed E-state index contributed by atoms with van der Waals surface area (Å²) in [4.78, 5) is 17.4. The van der Waals surface area contributed by atoms with Crippen LogP contribution in [0.1, 0.15) is 10.5 Å². The Balaban J connectivity index is 2.09. The van der Waals surface area contributed by atoms with Gasteiger partial charge in [-0.3, -0.25) is 0 Å². The number of aromatic nitrogens is 1. The van der Waals surface area contributed by atoms with Crippen molar-refractivity contribution in [3.8, 4) is 6.07 Å². The first-order valence-electron chi connectivity index (χ1n) is 5.04. The summed E-state index contributed by atoms with van der Waals surface area (Å²) in [5.74, 6) is -0.447. The summed E-state index contributed by atoms with van der Waals surface area (Å²) in [6, 6.07) is 2.07. The highest BCUT2D eigenvalue weighted by Gasteiger charge is 2.23. The average Bonchev–Trinajstić information content (AvgIpc) is 2.87. The summed E-state index contributed by atoms with van der Waals surface area (Å²) < 4.78 is 9.83. The maximum Gasteiger partial charge on any atom is 0.357 e. The number of carbonyl (C=O) groups excluding carboxylic acids is 1. The van der Waals surface area contributed by atoms with Crippen molar-refractivity contribution >= 4 is 22.4 Å². The van der Waals surface area contributed by atoms with Crippen LogP contribution in [-0.2, 0) is 9.47 Å². The number of hydrogen-bond acceptors (Lipinski definition) is 7. The molecular formula is C10H11N3O3S. The van der Waals surface area contributed by atoms with E-state index in [2.05, 4.69) is 15.8 Å². The van der Waals surface area contributed by atoms with Crippen LogP contribution in [0, 0.1) is 11.3 Å². The van der Waals surface area contributed by atoms with Gasteiger partial charge in [-0.15, -0.1) is 11.3 Å². The normalized spacial score (nSPS) is 19.8. The van der Waals surface area contributed by atoms with Crippen molar-refractivity contribution in [3.63, 3.8) is 0 Å². The minimum Gasteiger partial charge on any atom is -0.464 e. The third-order valence-corrected chi connectivity index (χ3v) is 3.27. The number of anilines is 1. The molecule has 1 fully saturated rings. The van der Waals surface area contributed by atoms with Crippen molar-refractivity contribution in [2.75, 3.05) is 31.7 Å². The first-order valence-corrected chi connectivity index (χ1v) is 5.92. The zero-order chi connectivity index (χ0) is 12.3. The first-order chi connectivity index (χ1) is 8.24. The van der Waals surface area contributed by atoms with Crippen molar-refractivity contribution in [1.82, 2.24) is 4.98 Å². The number of nitrogens with zero attached hydrogens (tertiary/aromatic N) is 3. The van der Waals surface area contributed by atoms with E-state index in [-0.39, 0.29) is 0 Å². The third-order valence-electron chi connectivity index (χ3n) is 2.37. The molecule has 17 heavy (non-hydrogen) atoms. The molecular weight excluding hydrogens is 242 g/mol. The fraction of sp³-hybridized carbons (Fsp3) is 0.500. The van der Waals surface area contributed by atoms with E-state index >= 15 is 0 Å². The molecule has 0 amide bonds. The first kappa shape index (κ1) is 11.8. The van der Waals surface area contributed by atoms with Crippen LogP contribution in [0.15, 0.2) is 5.38 Å². The lowest BCUT2D eigenvalue weighted by Gasteiger charge is -2.29. The quantitative estimate of drug-likeness (QED) is 0.721. The maximum absolute atomic E-state index is 11.3. The Morgan fingerprint density at radius 1 is 1.82 bits per heavy atom. The Morgan fingerprint density at radius 2 is 2.65 bits per heavy atom. The predicted molar refractivity (Wildman–Crippen MR) is 61.0 cm³/mol. The molecule has 7 heteroatoms. The molecule has 0 N–H and O–H groups in total. The summed E-state index contributed by atoms with van der Waals surface area (Å²) in [5.41, 5.74) is 0.299. The molecule has 0 radical (unpaired) electrons. The highest BCUT2D eigenvalue weighted by Crippen LogP contribution is 2.22. The number of rotatable bonds is 2. The summed E-state index contributed by atoms with van der Waals surface area (Å²) in [6.45, 7) is 1.64. The van der Waals surface area contributed by atoms with Gasteiger partial charge in [-0.2, -0.15) is 5.26 Å². The zero-order valence-corrected chi connectivity index (χ0v) is 10.1. The molecule has 0 spiro atoms. The Labute approximate surface area is 102 Å². The molecule has 1 aliphatic rings. The molecule has 1 saturated heterocycles. The zero-order valence-electron chi connectivity index (χ0n) is 9.25. The number of thiazole rings is 1. The molecule has 1 atom stereocenters. The number of esters is 1. The highest BCUT2D eigenvalue weighted by molar-refractivity contribution is 7.13. The van der Waals surface area contributed by atoms with Gasteiger partial charge < -0.3 is 14.4 Å². The van der Waals surface area contributed by atoms with E-state index in [4.69, 9.17) is 10.00 Å². The molecule has 1 aliphatic heterocycles. The lowest BCUT2D eigenvalue weighted by atomic mass is 10.3. The van der Waals surface area contributed by atoms with Gasteiger partial charge in [-0.05, 0) is 0 Å². The second-order valence-corrected chi connectivity index (χ2v) is 4.28. The van der Waals surface area contributed by atoms with Gasteiger partial charge in [0.2, 0.25) is 0 Å². The lowest BCUT2D eigenvalue weighted by molar-refractivity contribution is 0.0595. The molecule has 1 unspecified atom stereocenters. The lowest BCUT2D eigenvalue weighted by Crippen LogP contribution is -2.41. The molecule has 1 aromatic heterocycles. The van der Waals surface area contributed by atoms with Crippen LogP contribution >= 0.6 is 11.3 Å². The Morgan fingerprint density at radius 3 is 3.35 bits per heavy atom. The monoisotopic (exact) mass is 253 g/mol. The second-order valence-electron chi connectivity index (χ2n) is 3.44. The highest BCUT2D eigenvalue weighted by atomic mass is 32.1. The van der Waals surface area contributed by atoms with Gasteiger partial charge in [0.15, 0.2) is 16.9 Å². The third kappa shape index (κ3) is 2.54. The Bertz CT molecular complexity index is 454. The van der Waals surface area contributed by atoms with Gasteiger partial charge in [-0.1, -0.05) is 0 Å². The smallest absolute Gasteiger partial charge is 0.357 e.